The molecule has 0 unspecified atom stereocenters. The number of ether oxygens (including phenoxy) is 1. The fourth-order valence-electron chi connectivity index (χ4n) is 3.96. The predicted octanol–water partition coefficient (Wildman–Crippen LogP) is 4.95. The summed E-state index contributed by atoms with van der Waals surface area (Å²) < 4.78 is 33.4. The molecule has 2 aromatic carbocycles. The molecule has 184 valence electrons. The molecule has 1 aliphatic heterocycles. The van der Waals surface area contributed by atoms with E-state index in [1.807, 2.05) is 18.2 Å². The van der Waals surface area contributed by atoms with Crippen LogP contribution in [0, 0.1) is 5.92 Å². The molecule has 2 heterocycles. The number of carbonyl (C=O) groups is 2. The van der Waals surface area contributed by atoms with Gasteiger partial charge in [0.15, 0.2) is 6.61 Å². The number of rotatable bonds is 8. The molecular weight excluding hydrogens is 552 g/mol. The highest BCUT2D eigenvalue weighted by atomic mass is 79.9. The number of anilines is 1. The van der Waals surface area contributed by atoms with Crippen LogP contribution in [0.25, 0.3) is 0 Å². The number of amides is 1. The number of esters is 1. The van der Waals surface area contributed by atoms with Crippen LogP contribution in [0.5, 0.6) is 0 Å². The van der Waals surface area contributed by atoms with E-state index in [1.54, 1.807) is 11.0 Å². The first kappa shape index (κ1) is 25.4. The molecule has 3 aromatic rings. The van der Waals surface area contributed by atoms with Gasteiger partial charge in [0, 0.05) is 18.8 Å². The Labute approximate surface area is 217 Å². The Morgan fingerprint density at radius 1 is 1.00 bits per heavy atom. The van der Waals surface area contributed by atoms with Crippen LogP contribution in [-0.2, 0) is 26.0 Å². The lowest BCUT2D eigenvalue weighted by Gasteiger charge is -2.32. The van der Waals surface area contributed by atoms with E-state index in [-0.39, 0.29) is 22.3 Å². The number of likely N-dealkylation sites (tertiary alicyclic amines) is 1. The van der Waals surface area contributed by atoms with Crippen LogP contribution < -0.4 is 4.72 Å². The lowest BCUT2D eigenvalue weighted by Crippen LogP contribution is -2.41. The van der Waals surface area contributed by atoms with Crippen molar-refractivity contribution in [1.29, 1.82) is 0 Å². The maximum atomic E-state index is 12.5. The number of thiophene rings is 1. The molecule has 0 radical (unpaired) electrons. The zero-order chi connectivity index (χ0) is 24.8. The molecule has 1 amide bonds. The van der Waals surface area contributed by atoms with Crippen LogP contribution in [-0.4, -0.2) is 44.9 Å². The fraction of sp³-hybridized carbons (Fsp3) is 0.280. The van der Waals surface area contributed by atoms with Gasteiger partial charge in [0.05, 0.1) is 9.35 Å². The van der Waals surface area contributed by atoms with Gasteiger partial charge < -0.3 is 9.64 Å². The van der Waals surface area contributed by atoms with E-state index >= 15 is 0 Å². The van der Waals surface area contributed by atoms with Crippen molar-refractivity contribution in [2.75, 3.05) is 24.4 Å². The maximum Gasteiger partial charge on any atom is 0.338 e. The van der Waals surface area contributed by atoms with Gasteiger partial charge in [-0.2, -0.15) is 0 Å². The highest BCUT2D eigenvalue weighted by Gasteiger charge is 2.24. The van der Waals surface area contributed by atoms with E-state index in [0.29, 0.717) is 28.5 Å². The van der Waals surface area contributed by atoms with Gasteiger partial charge in [-0.05, 0) is 83.1 Å². The summed E-state index contributed by atoms with van der Waals surface area (Å²) in [5.41, 5.74) is 1.87. The maximum absolute atomic E-state index is 12.5. The highest BCUT2D eigenvalue weighted by Crippen LogP contribution is 2.28. The van der Waals surface area contributed by atoms with E-state index in [4.69, 9.17) is 4.74 Å². The third-order valence-electron chi connectivity index (χ3n) is 5.85. The van der Waals surface area contributed by atoms with Gasteiger partial charge >= 0.3 is 5.97 Å². The number of halogens is 1. The van der Waals surface area contributed by atoms with Crippen molar-refractivity contribution in [2.45, 2.75) is 23.5 Å². The Morgan fingerprint density at radius 3 is 2.31 bits per heavy atom. The Hall–Kier alpha value is -2.69. The van der Waals surface area contributed by atoms with Crippen molar-refractivity contribution in [1.82, 2.24) is 4.90 Å². The molecule has 35 heavy (non-hydrogen) atoms. The second kappa shape index (κ2) is 11.4. The summed E-state index contributed by atoms with van der Waals surface area (Å²) in [5, 5.41) is 0. The standard InChI is InChI=1S/C25H25BrN2O5S2/c26-22-10-11-24(34-22)35(31,32)27-21-8-6-20(7-9-21)25(30)33-17-23(29)28-14-12-19(13-15-28)16-18-4-2-1-3-5-18/h1-11,19,27H,12-17H2. The van der Waals surface area contributed by atoms with Crippen LogP contribution in [0.4, 0.5) is 5.69 Å². The molecule has 1 aromatic heterocycles. The third-order valence-corrected chi connectivity index (χ3v) is 9.34. The first-order valence-corrected chi connectivity index (χ1v) is 14.3. The number of piperidine rings is 1. The van der Waals surface area contributed by atoms with Crippen molar-refractivity contribution in [3.8, 4) is 0 Å². The summed E-state index contributed by atoms with van der Waals surface area (Å²) in [4.78, 5) is 26.6. The number of hydrogen-bond donors (Lipinski definition) is 1. The van der Waals surface area contributed by atoms with Crippen LogP contribution in [0.15, 0.2) is 74.7 Å². The van der Waals surface area contributed by atoms with Crippen molar-refractivity contribution in [3.05, 3.63) is 81.6 Å². The minimum atomic E-state index is -3.71. The molecule has 0 atom stereocenters. The normalized spacial score (nSPS) is 14.5. The van der Waals surface area contributed by atoms with Crippen LogP contribution in [0.3, 0.4) is 0 Å². The number of benzene rings is 2. The van der Waals surface area contributed by atoms with Crippen molar-refractivity contribution < 1.29 is 22.7 Å². The van der Waals surface area contributed by atoms with Gasteiger partial charge in [-0.1, -0.05) is 30.3 Å². The van der Waals surface area contributed by atoms with Gasteiger partial charge in [0.1, 0.15) is 4.21 Å². The van der Waals surface area contributed by atoms with Crippen LogP contribution in [0.1, 0.15) is 28.8 Å². The van der Waals surface area contributed by atoms with E-state index in [0.717, 1.165) is 30.6 Å². The summed E-state index contributed by atoms with van der Waals surface area (Å²) in [6.07, 6.45) is 2.86. The van der Waals surface area contributed by atoms with Gasteiger partial charge in [-0.3, -0.25) is 9.52 Å². The molecule has 1 aliphatic rings. The average Bonchev–Trinajstić information content (AvgIpc) is 3.31. The minimum absolute atomic E-state index is 0.176. The molecule has 10 heteroatoms. The van der Waals surface area contributed by atoms with E-state index in [1.165, 1.54) is 35.9 Å². The SMILES string of the molecule is O=C(OCC(=O)N1CCC(Cc2ccccc2)CC1)c1ccc(NS(=O)(=O)c2ccc(Br)s2)cc1. The van der Waals surface area contributed by atoms with Crippen LogP contribution >= 0.6 is 27.3 Å². The molecule has 0 saturated carbocycles. The molecule has 4 rings (SSSR count). The Balaban J connectivity index is 1.23. The second-order valence-corrected chi connectivity index (χ2v) is 12.7. The van der Waals surface area contributed by atoms with Crippen molar-refractivity contribution in [2.24, 2.45) is 5.92 Å². The molecule has 7 nitrogen and oxygen atoms in total. The molecule has 1 N–H and O–H groups in total. The molecule has 0 aliphatic carbocycles. The number of hydrogen-bond acceptors (Lipinski definition) is 6. The number of nitrogens with zero attached hydrogens (tertiary/aromatic N) is 1. The number of nitrogens with one attached hydrogen (secondary N) is 1. The summed E-state index contributed by atoms with van der Waals surface area (Å²) in [6.45, 7) is 0.997. The summed E-state index contributed by atoms with van der Waals surface area (Å²) in [7, 11) is -3.71. The Kier molecular flexibility index (Phi) is 8.25. The zero-order valence-corrected chi connectivity index (χ0v) is 22.1. The molecule has 1 saturated heterocycles. The van der Waals surface area contributed by atoms with Gasteiger partial charge in [-0.25, -0.2) is 13.2 Å². The predicted molar refractivity (Wildman–Crippen MR) is 139 cm³/mol. The van der Waals surface area contributed by atoms with E-state index < -0.39 is 16.0 Å². The van der Waals surface area contributed by atoms with E-state index in [2.05, 4.69) is 32.8 Å². The van der Waals surface area contributed by atoms with Crippen molar-refractivity contribution >= 4 is 54.9 Å². The number of carbonyl (C=O) groups excluding carboxylic acids is 2. The van der Waals surface area contributed by atoms with Crippen LogP contribution in [0.2, 0.25) is 0 Å². The molecule has 1 fully saturated rings. The van der Waals surface area contributed by atoms with E-state index in [9.17, 15) is 18.0 Å². The summed E-state index contributed by atoms with van der Waals surface area (Å²) in [6, 6.07) is 19.4. The smallest absolute Gasteiger partial charge is 0.338 e. The lowest BCUT2D eigenvalue weighted by atomic mass is 9.90. The Morgan fingerprint density at radius 2 is 1.69 bits per heavy atom. The second-order valence-electron chi connectivity index (χ2n) is 8.33. The molecule has 0 bridgehead atoms. The third kappa shape index (κ3) is 6.93. The quantitative estimate of drug-likeness (QED) is 0.383. The zero-order valence-electron chi connectivity index (χ0n) is 18.9. The van der Waals surface area contributed by atoms with Crippen molar-refractivity contribution in [3.63, 3.8) is 0 Å². The topological polar surface area (TPSA) is 92.8 Å². The molecule has 0 spiro atoms. The van der Waals surface area contributed by atoms with Gasteiger partial charge in [0.2, 0.25) is 0 Å². The van der Waals surface area contributed by atoms with Gasteiger partial charge in [-0.15, -0.1) is 11.3 Å². The lowest BCUT2D eigenvalue weighted by molar-refractivity contribution is -0.135. The highest BCUT2D eigenvalue weighted by molar-refractivity contribution is 9.11. The van der Waals surface area contributed by atoms with Gasteiger partial charge in [0.25, 0.3) is 15.9 Å². The monoisotopic (exact) mass is 576 g/mol. The first-order chi connectivity index (χ1) is 16.8. The minimum Gasteiger partial charge on any atom is -0.452 e. The number of sulfonamides is 1. The first-order valence-electron chi connectivity index (χ1n) is 11.2. The summed E-state index contributed by atoms with van der Waals surface area (Å²) >= 11 is 4.35. The average molecular weight is 578 g/mol. The Bertz CT molecular complexity index is 1270. The molecular formula is C25H25BrN2O5S2. The largest absolute Gasteiger partial charge is 0.452 e. The summed E-state index contributed by atoms with van der Waals surface area (Å²) in [5.74, 6) is -0.293. The fourth-order valence-corrected chi connectivity index (χ4v) is 7.03.